The van der Waals surface area contributed by atoms with E-state index < -0.39 is 0 Å². The van der Waals surface area contributed by atoms with Crippen molar-refractivity contribution in [2.24, 2.45) is 0 Å². The highest BCUT2D eigenvalue weighted by Crippen LogP contribution is 2.41. The Kier molecular flexibility index (Phi) is 3.88. The maximum Gasteiger partial charge on any atom is -0.00923 e. The van der Waals surface area contributed by atoms with E-state index in [2.05, 4.69) is 133 Å². The first kappa shape index (κ1) is 20.2. The monoisotopic (exact) mass is 478 g/mol. The summed E-state index contributed by atoms with van der Waals surface area (Å²) in [5.74, 6) is 0. The third-order valence-electron chi connectivity index (χ3n) is 8.44. The third kappa shape index (κ3) is 2.80. The van der Waals surface area contributed by atoms with Crippen LogP contribution in [0.2, 0.25) is 0 Å². The minimum atomic E-state index is 1.28. The lowest BCUT2D eigenvalue weighted by atomic mass is 9.88. The zero-order valence-corrected chi connectivity index (χ0v) is 20.7. The van der Waals surface area contributed by atoms with Gasteiger partial charge in [-0.15, -0.1) is 0 Å². The fourth-order valence-corrected chi connectivity index (χ4v) is 6.56. The summed E-state index contributed by atoms with van der Waals surface area (Å²) in [5.41, 5.74) is 0. The minimum Gasteiger partial charge on any atom is -0.0616 e. The Morgan fingerprint density at radius 2 is 0.368 bits per heavy atom. The van der Waals surface area contributed by atoms with Gasteiger partial charge in [-0.2, -0.15) is 0 Å². The Morgan fingerprint density at radius 1 is 0.184 bits per heavy atom. The molecule has 0 heteroatoms. The molecule has 0 aliphatic rings. The van der Waals surface area contributed by atoms with E-state index in [4.69, 9.17) is 0 Å². The summed E-state index contributed by atoms with van der Waals surface area (Å²) < 4.78 is 0. The van der Waals surface area contributed by atoms with Gasteiger partial charge in [0.15, 0.2) is 0 Å². The van der Waals surface area contributed by atoms with Crippen LogP contribution in [0, 0.1) is 0 Å². The average molecular weight is 479 g/mol. The van der Waals surface area contributed by atoms with E-state index in [1.807, 2.05) is 0 Å². The highest BCUT2D eigenvalue weighted by Gasteiger charge is 2.13. The minimum absolute atomic E-state index is 1.28. The lowest BCUT2D eigenvalue weighted by Crippen LogP contribution is -1.87. The Balaban J connectivity index is 1.53. The van der Waals surface area contributed by atoms with Crippen molar-refractivity contribution in [3.8, 4) is 0 Å². The normalized spacial score (nSPS) is 12.2. The second-order valence-corrected chi connectivity index (χ2v) is 10.6. The van der Waals surface area contributed by atoms with E-state index in [0.29, 0.717) is 0 Å². The first-order valence-corrected chi connectivity index (χ1v) is 13.3. The van der Waals surface area contributed by atoms with Crippen molar-refractivity contribution < 1.29 is 0 Å². The van der Waals surface area contributed by atoms with E-state index in [1.54, 1.807) is 0 Å². The van der Waals surface area contributed by atoms with Crippen LogP contribution in [-0.2, 0) is 0 Å². The lowest BCUT2D eigenvalue weighted by Gasteiger charge is -2.15. The van der Waals surface area contributed by atoms with E-state index >= 15 is 0 Å². The summed E-state index contributed by atoms with van der Waals surface area (Å²) in [6.45, 7) is 0. The molecule has 0 N–H and O–H groups in total. The molecule has 0 fully saturated rings. The molecule has 0 saturated heterocycles. The van der Waals surface area contributed by atoms with Gasteiger partial charge in [0.1, 0.15) is 0 Å². The topological polar surface area (TPSA) is 0 Å². The van der Waals surface area contributed by atoms with Crippen LogP contribution < -0.4 is 0 Å². The Bertz CT molecular complexity index is 2270. The fourth-order valence-electron chi connectivity index (χ4n) is 6.56. The summed E-state index contributed by atoms with van der Waals surface area (Å²) >= 11 is 0. The number of fused-ring (bicyclic) bond motifs is 11. The number of hydrogen-bond acceptors (Lipinski definition) is 0. The molecule has 0 aliphatic carbocycles. The van der Waals surface area contributed by atoms with Crippen molar-refractivity contribution in [1.29, 1.82) is 0 Å². The van der Waals surface area contributed by atoms with Gasteiger partial charge in [0.05, 0.1) is 0 Å². The molecule has 0 aliphatic heterocycles. The summed E-state index contributed by atoms with van der Waals surface area (Å²) in [6, 6.07) is 49.9. The van der Waals surface area contributed by atoms with Gasteiger partial charge in [-0.25, -0.2) is 0 Å². The van der Waals surface area contributed by atoms with Crippen LogP contribution >= 0.6 is 0 Å². The number of benzene rings is 9. The van der Waals surface area contributed by atoms with Crippen LogP contribution in [0.4, 0.5) is 0 Å². The predicted octanol–water partition coefficient (Wildman–Crippen LogP) is 10.9. The average Bonchev–Trinajstić information content (AvgIpc) is 2.96. The van der Waals surface area contributed by atoms with Gasteiger partial charge >= 0.3 is 0 Å². The molecule has 9 aromatic rings. The molecule has 0 atom stereocenters. The Labute approximate surface area is 219 Å². The molecule has 0 unspecified atom stereocenters. The van der Waals surface area contributed by atoms with Crippen molar-refractivity contribution in [2.75, 3.05) is 0 Å². The smallest absolute Gasteiger partial charge is 0.00923 e. The molecule has 0 nitrogen and oxygen atoms in total. The standard InChI is InChI=1S/C38H22/c1-3-9-25-15-31-21-37-35(19-29(31)13-23(25)7-1)33-17-27-11-5-6-12-28(27)18-34(33)36-20-30-14-24-8-2-4-10-26(24)16-32(30)22-38(36)37/h1-22H. The molecule has 9 aromatic carbocycles. The van der Waals surface area contributed by atoms with Gasteiger partial charge in [-0.1, -0.05) is 72.8 Å². The molecule has 0 saturated carbocycles. The van der Waals surface area contributed by atoms with Crippen molar-refractivity contribution in [3.05, 3.63) is 133 Å². The van der Waals surface area contributed by atoms with Gasteiger partial charge < -0.3 is 0 Å². The third-order valence-corrected chi connectivity index (χ3v) is 8.44. The highest BCUT2D eigenvalue weighted by molar-refractivity contribution is 6.31. The van der Waals surface area contributed by atoms with Crippen LogP contribution in [0.25, 0.3) is 86.2 Å². The van der Waals surface area contributed by atoms with Crippen LogP contribution in [0.1, 0.15) is 0 Å². The second kappa shape index (κ2) is 7.31. The Hall–Kier alpha value is -4.94. The highest BCUT2D eigenvalue weighted by atomic mass is 14.2. The van der Waals surface area contributed by atoms with Crippen LogP contribution in [-0.4, -0.2) is 0 Å². The van der Waals surface area contributed by atoms with Crippen molar-refractivity contribution in [2.45, 2.75) is 0 Å². The first-order valence-electron chi connectivity index (χ1n) is 13.3. The van der Waals surface area contributed by atoms with Gasteiger partial charge in [-0.3, -0.25) is 0 Å². The van der Waals surface area contributed by atoms with Crippen molar-refractivity contribution >= 4 is 86.2 Å². The van der Waals surface area contributed by atoms with E-state index in [9.17, 15) is 0 Å². The van der Waals surface area contributed by atoms with Crippen LogP contribution in [0.5, 0.6) is 0 Å². The maximum absolute atomic E-state index is 2.42. The summed E-state index contributed by atoms with van der Waals surface area (Å²) in [6.07, 6.45) is 0. The molecule has 9 rings (SSSR count). The Morgan fingerprint density at radius 3 is 0.605 bits per heavy atom. The molecule has 0 heterocycles. The van der Waals surface area contributed by atoms with Gasteiger partial charge in [0.2, 0.25) is 0 Å². The number of rotatable bonds is 0. The van der Waals surface area contributed by atoms with Crippen molar-refractivity contribution in [1.82, 2.24) is 0 Å². The summed E-state index contributed by atoms with van der Waals surface area (Å²) in [5, 5.41) is 20.8. The number of hydrogen-bond donors (Lipinski definition) is 0. The molecule has 0 aromatic heterocycles. The van der Waals surface area contributed by atoms with E-state index in [0.717, 1.165) is 0 Å². The maximum atomic E-state index is 2.42. The first-order chi connectivity index (χ1) is 18.8. The molecule has 174 valence electrons. The van der Waals surface area contributed by atoms with Gasteiger partial charge in [0.25, 0.3) is 0 Å². The SMILES string of the molecule is c1ccc2cc3cc4c(cc3cc2c1)c1cc2ccccc2cc1c1cc2cc3ccccc3cc2cc14. The summed E-state index contributed by atoms with van der Waals surface area (Å²) in [4.78, 5) is 0. The molecular formula is C38H22. The molecule has 38 heavy (non-hydrogen) atoms. The molecular weight excluding hydrogens is 456 g/mol. The zero-order valence-electron chi connectivity index (χ0n) is 20.7. The van der Waals surface area contributed by atoms with Gasteiger partial charge in [0, 0.05) is 0 Å². The molecule has 0 bridgehead atoms. The molecule has 0 amide bonds. The van der Waals surface area contributed by atoms with Crippen LogP contribution in [0.3, 0.4) is 0 Å². The lowest BCUT2D eigenvalue weighted by molar-refractivity contribution is 1.78. The van der Waals surface area contributed by atoms with Crippen LogP contribution in [0.15, 0.2) is 133 Å². The molecule has 0 radical (unpaired) electrons. The largest absolute Gasteiger partial charge is 0.0616 e. The summed E-state index contributed by atoms with van der Waals surface area (Å²) in [7, 11) is 0. The molecule has 0 spiro atoms. The fraction of sp³-hybridized carbons (Fsp3) is 0. The predicted molar refractivity (Wildman–Crippen MR) is 166 cm³/mol. The van der Waals surface area contributed by atoms with E-state index in [-0.39, 0.29) is 0 Å². The van der Waals surface area contributed by atoms with Gasteiger partial charge in [-0.05, 0) is 147 Å². The quantitative estimate of drug-likeness (QED) is 0.150. The van der Waals surface area contributed by atoms with Crippen molar-refractivity contribution in [3.63, 3.8) is 0 Å². The van der Waals surface area contributed by atoms with E-state index in [1.165, 1.54) is 86.2 Å². The second-order valence-electron chi connectivity index (χ2n) is 10.6. The zero-order chi connectivity index (χ0) is 24.8.